The molecule has 34 heavy (non-hydrogen) atoms. The maximum Gasteiger partial charge on any atom is 0.315 e. The van der Waals surface area contributed by atoms with Gasteiger partial charge in [-0.25, -0.2) is 4.39 Å². The van der Waals surface area contributed by atoms with E-state index in [0.717, 1.165) is 45.3 Å². The number of nitrogens with zero attached hydrogens (tertiary/aromatic N) is 2. The third-order valence-electron chi connectivity index (χ3n) is 8.23. The summed E-state index contributed by atoms with van der Waals surface area (Å²) >= 11 is 11.9. The predicted octanol–water partition coefficient (Wildman–Crippen LogP) is 3.87. The topological polar surface area (TPSA) is 77.9 Å². The summed E-state index contributed by atoms with van der Waals surface area (Å²) in [6.45, 7) is 6.43. The van der Waals surface area contributed by atoms with Crippen molar-refractivity contribution in [1.29, 1.82) is 0 Å². The van der Waals surface area contributed by atoms with Crippen LogP contribution in [0.4, 0.5) is 4.39 Å². The van der Waals surface area contributed by atoms with Gasteiger partial charge in [0.1, 0.15) is 17.9 Å². The number of likely N-dealkylation sites (tertiary alicyclic amines) is 1. The molecule has 0 aromatic carbocycles. The second-order valence-electron chi connectivity index (χ2n) is 10.7. The van der Waals surface area contributed by atoms with Crippen LogP contribution in [0.15, 0.2) is 0 Å². The first-order valence-electron chi connectivity index (χ1n) is 12.7. The highest BCUT2D eigenvalue weighted by Gasteiger charge is 2.53. The quantitative estimate of drug-likeness (QED) is 0.348. The van der Waals surface area contributed by atoms with Crippen molar-refractivity contribution in [2.24, 2.45) is 29.6 Å². The van der Waals surface area contributed by atoms with Crippen molar-refractivity contribution in [3.63, 3.8) is 0 Å². The van der Waals surface area contributed by atoms with Gasteiger partial charge >= 0.3 is 5.97 Å². The van der Waals surface area contributed by atoms with Crippen LogP contribution in [0, 0.1) is 29.6 Å². The molecule has 3 rings (SSSR count). The molecule has 1 N–H and O–H groups in total. The number of carbonyl (C=O) groups excluding carboxylic acids is 2. The molecule has 1 saturated heterocycles. The van der Waals surface area contributed by atoms with E-state index >= 15 is 4.39 Å². The van der Waals surface area contributed by atoms with Crippen molar-refractivity contribution < 1.29 is 23.9 Å². The Labute approximate surface area is 212 Å². The summed E-state index contributed by atoms with van der Waals surface area (Å²) in [5.74, 6) is -2.75. The maximum absolute atomic E-state index is 15.4. The minimum absolute atomic E-state index is 0.00611. The monoisotopic (exact) mass is 520 g/mol. The molecule has 0 spiro atoms. The lowest BCUT2D eigenvalue weighted by molar-refractivity contribution is -0.158. The molecule has 194 valence electrons. The van der Waals surface area contributed by atoms with Crippen molar-refractivity contribution in [1.82, 2.24) is 9.80 Å². The number of aliphatic carboxylic acids is 1. The van der Waals surface area contributed by atoms with Gasteiger partial charge in [0.2, 0.25) is 0 Å². The SMILES string of the molecule is CC(C)N1CC(C(=O)O)C(=O)C2CC(F)C(C(=O)C3CCCC(CN(CCCl)CCCl)C3)CC21. The number of hydrogen-bond donors (Lipinski definition) is 1. The van der Waals surface area contributed by atoms with Crippen molar-refractivity contribution >= 4 is 40.7 Å². The highest BCUT2D eigenvalue weighted by Crippen LogP contribution is 2.43. The molecule has 1 heterocycles. The molecule has 0 aromatic rings. The molecule has 0 amide bonds. The van der Waals surface area contributed by atoms with Crippen LogP contribution in [-0.4, -0.2) is 88.6 Å². The van der Waals surface area contributed by atoms with Gasteiger partial charge in [-0.15, -0.1) is 23.2 Å². The maximum atomic E-state index is 15.4. The van der Waals surface area contributed by atoms with Crippen LogP contribution in [0.25, 0.3) is 0 Å². The fourth-order valence-electron chi connectivity index (χ4n) is 6.51. The molecular weight excluding hydrogens is 482 g/mol. The van der Waals surface area contributed by atoms with E-state index in [1.54, 1.807) is 0 Å². The van der Waals surface area contributed by atoms with Crippen molar-refractivity contribution in [2.75, 3.05) is 37.9 Å². The van der Waals surface area contributed by atoms with Crippen molar-refractivity contribution in [2.45, 2.75) is 70.6 Å². The molecule has 7 atom stereocenters. The lowest BCUT2D eigenvalue weighted by Gasteiger charge is -2.49. The minimum atomic E-state index is -1.40. The molecule has 6 nitrogen and oxygen atoms in total. The largest absolute Gasteiger partial charge is 0.481 e. The highest BCUT2D eigenvalue weighted by molar-refractivity contribution is 6.18. The van der Waals surface area contributed by atoms with Gasteiger partial charge in [0.25, 0.3) is 0 Å². The molecule has 7 unspecified atom stereocenters. The smallest absolute Gasteiger partial charge is 0.315 e. The van der Waals surface area contributed by atoms with Crippen LogP contribution in [-0.2, 0) is 14.4 Å². The van der Waals surface area contributed by atoms with Crippen LogP contribution in [0.2, 0.25) is 0 Å². The number of alkyl halides is 3. The standard InChI is InChI=1S/C25H39Cl2FN2O4/c1-15(2)30-14-20(25(33)34)24(32)19-11-21(28)18(12-22(19)30)23(31)17-5-3-4-16(10-17)13-29(8-6-26)9-7-27/h15-22H,3-14H2,1-2H3,(H,33,34). The fourth-order valence-corrected chi connectivity index (χ4v) is 6.99. The fraction of sp³-hybridized carbons (Fsp3) is 0.880. The number of carboxylic acid groups (broad SMARTS) is 1. The van der Waals surface area contributed by atoms with E-state index < -0.39 is 29.9 Å². The Kier molecular flexibility index (Phi) is 10.2. The molecule has 2 aliphatic carbocycles. The number of hydrogen-bond acceptors (Lipinski definition) is 5. The third kappa shape index (κ3) is 6.32. The second-order valence-corrected chi connectivity index (χ2v) is 11.4. The van der Waals surface area contributed by atoms with E-state index in [2.05, 4.69) is 4.90 Å². The van der Waals surface area contributed by atoms with E-state index in [0.29, 0.717) is 24.1 Å². The molecule has 2 saturated carbocycles. The van der Waals surface area contributed by atoms with E-state index in [4.69, 9.17) is 23.2 Å². The number of ketones is 2. The van der Waals surface area contributed by atoms with E-state index in [-0.39, 0.29) is 42.5 Å². The minimum Gasteiger partial charge on any atom is -0.481 e. The number of carbonyl (C=O) groups is 3. The van der Waals surface area contributed by atoms with E-state index in [1.165, 1.54) is 0 Å². The molecule has 1 aliphatic heterocycles. The van der Waals surface area contributed by atoms with Gasteiger partial charge in [0.15, 0.2) is 5.78 Å². The van der Waals surface area contributed by atoms with Crippen molar-refractivity contribution in [3.8, 4) is 0 Å². The second kappa shape index (κ2) is 12.5. The molecule has 0 aromatic heterocycles. The lowest BCUT2D eigenvalue weighted by Crippen LogP contribution is -2.61. The Morgan fingerprint density at radius 3 is 2.41 bits per heavy atom. The Balaban J connectivity index is 1.69. The summed E-state index contributed by atoms with van der Waals surface area (Å²) in [5, 5.41) is 9.52. The van der Waals surface area contributed by atoms with Crippen LogP contribution in [0.3, 0.4) is 0 Å². The predicted molar refractivity (Wildman–Crippen MR) is 131 cm³/mol. The van der Waals surface area contributed by atoms with Crippen LogP contribution < -0.4 is 0 Å². The summed E-state index contributed by atoms with van der Waals surface area (Å²) in [7, 11) is 0. The van der Waals surface area contributed by atoms with Gasteiger partial charge in [-0.2, -0.15) is 0 Å². The van der Waals surface area contributed by atoms with Gasteiger partial charge in [-0.1, -0.05) is 6.42 Å². The Morgan fingerprint density at radius 2 is 1.82 bits per heavy atom. The molecule has 0 bridgehead atoms. The van der Waals surface area contributed by atoms with Crippen LogP contribution in [0.1, 0.15) is 52.4 Å². The summed E-state index contributed by atoms with van der Waals surface area (Å²) in [6.07, 6.45) is 2.38. The number of halogens is 3. The average Bonchev–Trinajstić information content (AvgIpc) is 2.79. The molecule has 0 radical (unpaired) electrons. The Bertz CT molecular complexity index is 734. The number of Topliss-reactive ketones (excluding diaryl/α,β-unsaturated/α-hetero) is 2. The van der Waals surface area contributed by atoms with E-state index in [1.807, 2.05) is 18.7 Å². The first-order valence-corrected chi connectivity index (χ1v) is 13.8. The Morgan fingerprint density at radius 1 is 1.15 bits per heavy atom. The molecular formula is C25H39Cl2FN2O4. The summed E-state index contributed by atoms with van der Waals surface area (Å²) in [6, 6.07) is -0.255. The third-order valence-corrected chi connectivity index (χ3v) is 8.57. The Hall–Kier alpha value is -0.760. The summed E-state index contributed by atoms with van der Waals surface area (Å²) in [5.41, 5.74) is 0. The zero-order chi connectivity index (χ0) is 25.0. The summed E-state index contributed by atoms with van der Waals surface area (Å²) in [4.78, 5) is 42.3. The van der Waals surface area contributed by atoms with Gasteiger partial charge in [-0.05, 0) is 51.9 Å². The number of fused-ring (bicyclic) bond motifs is 1. The highest BCUT2D eigenvalue weighted by atomic mass is 35.5. The van der Waals surface area contributed by atoms with Gasteiger partial charge in [0.05, 0.1) is 5.92 Å². The molecule has 3 aliphatic rings. The van der Waals surface area contributed by atoms with Gasteiger partial charge in [-0.3, -0.25) is 19.3 Å². The number of carboxylic acids is 1. The van der Waals surface area contributed by atoms with Crippen molar-refractivity contribution in [3.05, 3.63) is 0 Å². The first-order chi connectivity index (χ1) is 16.2. The van der Waals surface area contributed by atoms with Crippen LogP contribution in [0.5, 0.6) is 0 Å². The normalized spacial score (nSPS) is 34.9. The van der Waals surface area contributed by atoms with E-state index in [9.17, 15) is 19.5 Å². The number of rotatable bonds is 10. The zero-order valence-corrected chi connectivity index (χ0v) is 21.8. The number of piperidine rings is 1. The van der Waals surface area contributed by atoms with Gasteiger partial charge < -0.3 is 10.0 Å². The lowest BCUT2D eigenvalue weighted by atomic mass is 9.66. The van der Waals surface area contributed by atoms with Crippen LogP contribution >= 0.6 is 23.2 Å². The van der Waals surface area contributed by atoms with Gasteiger partial charge in [0, 0.05) is 61.9 Å². The molecule has 9 heteroatoms. The molecule has 3 fully saturated rings. The average molecular weight is 522 g/mol. The zero-order valence-electron chi connectivity index (χ0n) is 20.3. The first kappa shape index (κ1) is 27.8. The summed E-state index contributed by atoms with van der Waals surface area (Å²) < 4.78 is 15.4.